The van der Waals surface area contributed by atoms with Crippen LogP contribution in [0.5, 0.6) is 11.8 Å². The Morgan fingerprint density at radius 1 is 1.00 bits per heavy atom. The number of anilines is 2. The van der Waals surface area contributed by atoms with Crippen molar-refractivity contribution in [3.05, 3.63) is 60.1 Å². The zero-order valence-electron chi connectivity index (χ0n) is 22.0. The maximum Gasteiger partial charge on any atom is 0.415 e. The summed E-state index contributed by atoms with van der Waals surface area (Å²) in [4.78, 5) is 41.9. The Labute approximate surface area is 232 Å². The smallest absolute Gasteiger partial charge is 0.415 e. The van der Waals surface area contributed by atoms with Crippen molar-refractivity contribution in [1.29, 1.82) is 0 Å². The second kappa shape index (κ2) is 11.4. The lowest BCUT2D eigenvalue weighted by Gasteiger charge is -2.38. The van der Waals surface area contributed by atoms with E-state index >= 15 is 0 Å². The summed E-state index contributed by atoms with van der Waals surface area (Å²) in [5.74, 6) is 1.02. The second-order valence-electron chi connectivity index (χ2n) is 9.56. The maximum absolute atomic E-state index is 12.9. The first-order valence-electron chi connectivity index (χ1n) is 12.9. The van der Waals surface area contributed by atoms with E-state index in [1.807, 2.05) is 37.3 Å². The molecule has 10 nitrogen and oxygen atoms in total. The number of amides is 2. The SMILES string of the molecule is C=CC(=O)N1CCN(C(=O)Oc2ccc3c(N4CCN(c5ccc(Cl)cc5)CC4)nc(OC)nc3c2)C[C@@H]1C. The van der Waals surface area contributed by atoms with E-state index in [2.05, 4.69) is 26.3 Å². The number of hydrogen-bond donors (Lipinski definition) is 0. The lowest BCUT2D eigenvalue weighted by Crippen LogP contribution is -2.55. The van der Waals surface area contributed by atoms with Gasteiger partial charge in [0.05, 0.1) is 12.6 Å². The number of aromatic nitrogens is 2. The van der Waals surface area contributed by atoms with Gasteiger partial charge in [-0.1, -0.05) is 18.2 Å². The lowest BCUT2D eigenvalue weighted by molar-refractivity contribution is -0.129. The number of piperazine rings is 2. The molecule has 2 aliphatic heterocycles. The quantitative estimate of drug-likeness (QED) is 0.443. The number of nitrogens with zero attached hydrogens (tertiary/aromatic N) is 6. The summed E-state index contributed by atoms with van der Waals surface area (Å²) in [6.45, 7) is 9.84. The maximum atomic E-state index is 12.9. The largest absolute Gasteiger partial charge is 0.467 e. The molecule has 39 heavy (non-hydrogen) atoms. The van der Waals surface area contributed by atoms with E-state index in [1.54, 1.807) is 21.9 Å². The Bertz CT molecular complexity index is 1380. The van der Waals surface area contributed by atoms with Gasteiger partial charge in [-0.3, -0.25) is 4.79 Å². The summed E-state index contributed by atoms with van der Waals surface area (Å²) in [6.07, 6.45) is 0.829. The molecule has 0 aliphatic carbocycles. The predicted molar refractivity (Wildman–Crippen MR) is 151 cm³/mol. The van der Waals surface area contributed by atoms with Crippen LogP contribution in [0.25, 0.3) is 10.9 Å². The van der Waals surface area contributed by atoms with Gasteiger partial charge >= 0.3 is 12.1 Å². The van der Waals surface area contributed by atoms with Crippen molar-refractivity contribution in [2.24, 2.45) is 0 Å². The first kappa shape index (κ1) is 26.6. The van der Waals surface area contributed by atoms with Crippen LogP contribution in [-0.2, 0) is 4.79 Å². The highest BCUT2D eigenvalue weighted by Crippen LogP contribution is 2.31. The van der Waals surface area contributed by atoms with Crippen molar-refractivity contribution in [3.63, 3.8) is 0 Å². The monoisotopic (exact) mass is 550 g/mol. The third-order valence-electron chi connectivity index (χ3n) is 7.13. The molecule has 1 atom stereocenters. The summed E-state index contributed by atoms with van der Waals surface area (Å²) in [5, 5.41) is 1.57. The molecule has 0 N–H and O–H groups in total. The molecule has 1 aromatic heterocycles. The fourth-order valence-corrected chi connectivity index (χ4v) is 5.16. The van der Waals surface area contributed by atoms with E-state index in [0.717, 1.165) is 48.1 Å². The molecule has 2 saturated heterocycles. The normalized spacial score (nSPS) is 17.8. The van der Waals surface area contributed by atoms with Crippen molar-refractivity contribution in [2.45, 2.75) is 13.0 Å². The topological polar surface area (TPSA) is 91.3 Å². The highest BCUT2D eigenvalue weighted by atomic mass is 35.5. The molecular formula is C28H31ClN6O4. The van der Waals surface area contributed by atoms with Gasteiger partial charge in [0.15, 0.2) is 0 Å². The number of methoxy groups -OCH3 is 1. The Morgan fingerprint density at radius 2 is 1.72 bits per heavy atom. The van der Waals surface area contributed by atoms with Crippen LogP contribution in [0.15, 0.2) is 55.1 Å². The zero-order chi connectivity index (χ0) is 27.5. The van der Waals surface area contributed by atoms with Crippen LogP contribution in [0.4, 0.5) is 16.3 Å². The van der Waals surface area contributed by atoms with E-state index in [4.69, 9.17) is 21.1 Å². The Balaban J connectivity index is 1.30. The van der Waals surface area contributed by atoms with Crippen LogP contribution in [0.2, 0.25) is 5.02 Å². The summed E-state index contributed by atoms with van der Waals surface area (Å²) < 4.78 is 11.1. The minimum atomic E-state index is -0.466. The number of carbonyl (C=O) groups is 2. The predicted octanol–water partition coefficient (Wildman–Crippen LogP) is 3.84. The summed E-state index contributed by atoms with van der Waals surface area (Å²) in [7, 11) is 1.53. The molecule has 2 amide bonds. The molecule has 5 rings (SSSR count). The van der Waals surface area contributed by atoms with E-state index in [9.17, 15) is 9.59 Å². The van der Waals surface area contributed by atoms with Crippen LogP contribution >= 0.6 is 11.6 Å². The number of hydrogen-bond acceptors (Lipinski definition) is 8. The number of ether oxygens (including phenoxy) is 2. The average Bonchev–Trinajstić information content (AvgIpc) is 2.96. The molecule has 0 unspecified atom stereocenters. The molecule has 2 aliphatic rings. The van der Waals surface area contributed by atoms with Crippen molar-refractivity contribution in [1.82, 2.24) is 19.8 Å². The van der Waals surface area contributed by atoms with Crippen molar-refractivity contribution < 1.29 is 19.1 Å². The zero-order valence-corrected chi connectivity index (χ0v) is 22.8. The van der Waals surface area contributed by atoms with E-state index in [0.29, 0.717) is 30.9 Å². The fraction of sp³-hybridized carbons (Fsp3) is 0.357. The number of carbonyl (C=O) groups excluding carboxylic acids is 2. The van der Waals surface area contributed by atoms with E-state index < -0.39 is 6.09 Å². The van der Waals surface area contributed by atoms with E-state index in [-0.39, 0.29) is 18.0 Å². The van der Waals surface area contributed by atoms with Gasteiger partial charge < -0.3 is 29.1 Å². The van der Waals surface area contributed by atoms with Crippen molar-refractivity contribution >= 4 is 46.0 Å². The van der Waals surface area contributed by atoms with Crippen molar-refractivity contribution in [2.75, 3.05) is 62.7 Å². The van der Waals surface area contributed by atoms with Crippen LogP contribution in [0.1, 0.15) is 6.92 Å². The number of benzene rings is 2. The van der Waals surface area contributed by atoms with Crippen LogP contribution in [0, 0.1) is 0 Å². The summed E-state index contributed by atoms with van der Waals surface area (Å²) >= 11 is 6.04. The number of halogens is 1. The third kappa shape index (κ3) is 5.70. The van der Waals surface area contributed by atoms with E-state index in [1.165, 1.54) is 13.2 Å². The Morgan fingerprint density at radius 3 is 2.38 bits per heavy atom. The molecule has 0 saturated carbocycles. The minimum absolute atomic E-state index is 0.131. The molecule has 0 bridgehead atoms. The molecule has 2 fully saturated rings. The molecule has 0 spiro atoms. The highest BCUT2D eigenvalue weighted by Gasteiger charge is 2.30. The highest BCUT2D eigenvalue weighted by molar-refractivity contribution is 6.30. The average molecular weight is 551 g/mol. The molecule has 2 aromatic carbocycles. The van der Waals surface area contributed by atoms with Crippen LogP contribution < -0.4 is 19.3 Å². The van der Waals surface area contributed by atoms with Gasteiger partial charge in [0.2, 0.25) is 5.91 Å². The number of fused-ring (bicyclic) bond motifs is 1. The standard InChI is InChI=1S/C28H31ClN6O4/c1-4-25(36)35-16-15-34(18-19(35)2)28(37)39-22-9-10-23-24(17-22)30-27(38-3)31-26(23)33-13-11-32(12-14-33)21-7-5-20(29)6-8-21/h4-10,17,19H,1,11-16,18H2,2-3H3/t19-/m0/s1. The molecule has 3 aromatic rings. The summed E-state index contributed by atoms with van der Waals surface area (Å²) in [5.41, 5.74) is 1.76. The van der Waals surface area contributed by atoms with Gasteiger partial charge in [-0.2, -0.15) is 9.97 Å². The molecular weight excluding hydrogens is 520 g/mol. The first-order chi connectivity index (χ1) is 18.9. The molecule has 11 heteroatoms. The van der Waals surface area contributed by atoms with Crippen LogP contribution in [0.3, 0.4) is 0 Å². The Kier molecular flexibility index (Phi) is 7.74. The van der Waals surface area contributed by atoms with Gasteiger partial charge in [0.1, 0.15) is 11.6 Å². The van der Waals surface area contributed by atoms with Gasteiger partial charge in [0, 0.05) is 74.0 Å². The van der Waals surface area contributed by atoms with Gasteiger partial charge in [0.25, 0.3) is 0 Å². The Hall–Kier alpha value is -4.05. The second-order valence-corrected chi connectivity index (χ2v) is 10.00. The summed E-state index contributed by atoms with van der Waals surface area (Å²) in [6, 6.07) is 13.3. The number of rotatable bonds is 5. The third-order valence-corrected chi connectivity index (χ3v) is 7.38. The van der Waals surface area contributed by atoms with Crippen molar-refractivity contribution in [3.8, 4) is 11.8 Å². The molecule has 204 valence electrons. The van der Waals surface area contributed by atoms with Gasteiger partial charge in [-0.15, -0.1) is 0 Å². The first-order valence-corrected chi connectivity index (χ1v) is 13.2. The minimum Gasteiger partial charge on any atom is -0.467 e. The fourth-order valence-electron chi connectivity index (χ4n) is 5.03. The van der Waals surface area contributed by atoms with Crippen LogP contribution in [-0.4, -0.2) is 90.7 Å². The van der Waals surface area contributed by atoms with Gasteiger partial charge in [-0.05, 0) is 49.4 Å². The lowest BCUT2D eigenvalue weighted by atomic mass is 10.2. The molecule has 0 radical (unpaired) electrons. The molecule has 3 heterocycles. The van der Waals surface area contributed by atoms with Gasteiger partial charge in [-0.25, -0.2) is 4.79 Å².